The first-order chi connectivity index (χ1) is 15.6. The van der Waals surface area contributed by atoms with Crippen LogP contribution < -0.4 is 0 Å². The Morgan fingerprint density at radius 1 is 1.03 bits per heavy atom. The second-order valence-electron chi connectivity index (χ2n) is 8.04. The molecule has 4 aromatic rings. The van der Waals surface area contributed by atoms with Crippen LogP contribution in [0.25, 0.3) is 22.4 Å². The summed E-state index contributed by atoms with van der Waals surface area (Å²) < 4.78 is 19.8. The second kappa shape index (κ2) is 8.51. The molecule has 32 heavy (non-hydrogen) atoms. The van der Waals surface area contributed by atoms with Crippen molar-refractivity contribution in [3.8, 4) is 11.3 Å². The molecule has 0 saturated carbocycles. The number of benzene rings is 2. The Kier molecular flexibility index (Phi) is 5.41. The van der Waals surface area contributed by atoms with Gasteiger partial charge >= 0.3 is 0 Å². The quantitative estimate of drug-likeness (QED) is 0.483. The summed E-state index contributed by atoms with van der Waals surface area (Å²) in [5, 5.41) is 4.57. The predicted octanol–water partition coefficient (Wildman–Crippen LogP) is 4.30. The Morgan fingerprint density at radius 3 is 2.50 bits per heavy atom. The molecule has 0 unspecified atom stereocenters. The summed E-state index contributed by atoms with van der Waals surface area (Å²) in [7, 11) is 0. The molecule has 1 aliphatic rings. The van der Waals surface area contributed by atoms with E-state index in [9.17, 15) is 9.18 Å². The number of fused-ring (bicyclic) bond motifs is 1. The third kappa shape index (κ3) is 3.87. The molecular formula is C25H23FN4O2. The van der Waals surface area contributed by atoms with Crippen LogP contribution in [-0.4, -0.2) is 52.0 Å². The van der Waals surface area contributed by atoms with E-state index in [2.05, 4.69) is 27.2 Å². The third-order valence-corrected chi connectivity index (χ3v) is 5.91. The maximum atomic E-state index is 14.4. The highest BCUT2D eigenvalue weighted by Crippen LogP contribution is 2.29. The van der Waals surface area contributed by atoms with Gasteiger partial charge in [0.2, 0.25) is 0 Å². The molecule has 6 nitrogen and oxygen atoms in total. The highest BCUT2D eigenvalue weighted by atomic mass is 19.1. The van der Waals surface area contributed by atoms with Gasteiger partial charge in [-0.1, -0.05) is 47.6 Å². The van der Waals surface area contributed by atoms with Crippen molar-refractivity contribution in [1.82, 2.24) is 19.9 Å². The number of halogens is 1. The number of hydrogen-bond acceptors (Lipinski definition) is 5. The molecular weight excluding hydrogens is 407 g/mol. The van der Waals surface area contributed by atoms with E-state index in [0.29, 0.717) is 41.0 Å². The molecule has 162 valence electrons. The maximum absolute atomic E-state index is 14.4. The zero-order valence-electron chi connectivity index (χ0n) is 17.8. The summed E-state index contributed by atoms with van der Waals surface area (Å²) in [6.07, 6.45) is 0. The molecule has 5 rings (SSSR count). The molecule has 3 heterocycles. The van der Waals surface area contributed by atoms with Crippen molar-refractivity contribution in [2.45, 2.75) is 13.5 Å². The van der Waals surface area contributed by atoms with E-state index < -0.39 is 5.82 Å². The lowest BCUT2D eigenvalue weighted by Crippen LogP contribution is -2.48. The van der Waals surface area contributed by atoms with Crippen molar-refractivity contribution in [1.29, 1.82) is 0 Å². The number of aromatic nitrogens is 2. The second-order valence-corrected chi connectivity index (χ2v) is 8.04. The van der Waals surface area contributed by atoms with Crippen LogP contribution in [0.2, 0.25) is 0 Å². The van der Waals surface area contributed by atoms with Crippen molar-refractivity contribution in [3.05, 3.63) is 83.3 Å². The van der Waals surface area contributed by atoms with Gasteiger partial charge in [-0.2, -0.15) is 0 Å². The average Bonchev–Trinajstić information content (AvgIpc) is 3.20. The molecule has 1 saturated heterocycles. The number of piperazine rings is 1. The lowest BCUT2D eigenvalue weighted by molar-refractivity contribution is 0.0630. The Labute approximate surface area is 185 Å². The third-order valence-electron chi connectivity index (χ3n) is 5.91. The fourth-order valence-electron chi connectivity index (χ4n) is 4.19. The van der Waals surface area contributed by atoms with Gasteiger partial charge < -0.3 is 9.42 Å². The van der Waals surface area contributed by atoms with Gasteiger partial charge in [-0.05, 0) is 30.7 Å². The van der Waals surface area contributed by atoms with Gasteiger partial charge in [0.25, 0.3) is 11.6 Å². The zero-order chi connectivity index (χ0) is 22.1. The predicted molar refractivity (Wildman–Crippen MR) is 120 cm³/mol. The minimum absolute atomic E-state index is 0.111. The Hall–Kier alpha value is -3.58. The minimum atomic E-state index is -0.400. The number of carbonyl (C=O) groups excluding carboxylic acids is 1. The molecule has 0 bridgehead atoms. The SMILES string of the molecule is Cc1noc2nc(-c3ccccc3F)cc(C(=O)N3CCN(Cc4ccccc4)CC3)c12. The standard InChI is InChI=1S/C25H23FN4O2/c1-17-23-20(15-22(27-24(23)32-28-17)19-9-5-6-10-21(19)26)25(31)30-13-11-29(12-14-30)16-18-7-3-2-4-8-18/h2-10,15H,11-14,16H2,1H3. The van der Waals surface area contributed by atoms with Crippen LogP contribution in [0, 0.1) is 12.7 Å². The highest BCUT2D eigenvalue weighted by Gasteiger charge is 2.27. The van der Waals surface area contributed by atoms with Crippen molar-refractivity contribution in [3.63, 3.8) is 0 Å². The number of aryl methyl sites for hydroxylation is 1. The summed E-state index contributed by atoms with van der Waals surface area (Å²) in [6, 6.07) is 18.4. The molecule has 1 fully saturated rings. The van der Waals surface area contributed by atoms with Crippen LogP contribution in [0.3, 0.4) is 0 Å². The topological polar surface area (TPSA) is 62.5 Å². The van der Waals surface area contributed by atoms with Crippen molar-refractivity contribution in [2.75, 3.05) is 26.2 Å². The summed E-state index contributed by atoms with van der Waals surface area (Å²) in [6.45, 7) is 5.47. The number of nitrogens with zero attached hydrogens (tertiary/aromatic N) is 4. The maximum Gasteiger partial charge on any atom is 0.259 e. The lowest BCUT2D eigenvalue weighted by atomic mass is 10.0. The minimum Gasteiger partial charge on any atom is -0.336 e. The monoisotopic (exact) mass is 430 g/mol. The van der Waals surface area contributed by atoms with E-state index >= 15 is 0 Å². The van der Waals surface area contributed by atoms with Crippen LogP contribution in [0.5, 0.6) is 0 Å². The molecule has 1 aliphatic heterocycles. The molecule has 0 radical (unpaired) electrons. The summed E-state index contributed by atoms with van der Waals surface area (Å²) in [4.78, 5) is 22.1. The van der Waals surface area contributed by atoms with Crippen LogP contribution in [-0.2, 0) is 6.54 Å². The van der Waals surface area contributed by atoms with Gasteiger partial charge in [0, 0.05) is 38.3 Å². The molecule has 0 spiro atoms. The van der Waals surface area contributed by atoms with E-state index in [1.54, 1.807) is 31.2 Å². The van der Waals surface area contributed by atoms with Crippen LogP contribution in [0.1, 0.15) is 21.6 Å². The molecule has 0 N–H and O–H groups in total. The van der Waals surface area contributed by atoms with Gasteiger partial charge in [0.15, 0.2) is 0 Å². The highest BCUT2D eigenvalue weighted by molar-refractivity contribution is 6.07. The first kappa shape index (κ1) is 20.3. The molecule has 2 aromatic heterocycles. The Bertz CT molecular complexity index is 1260. The van der Waals surface area contributed by atoms with Crippen molar-refractivity contribution >= 4 is 17.0 Å². The van der Waals surface area contributed by atoms with E-state index in [4.69, 9.17) is 4.52 Å². The van der Waals surface area contributed by atoms with E-state index in [1.165, 1.54) is 11.6 Å². The zero-order valence-corrected chi connectivity index (χ0v) is 17.8. The summed E-state index contributed by atoms with van der Waals surface area (Å²) >= 11 is 0. The number of rotatable bonds is 4. The normalized spacial score (nSPS) is 14.8. The smallest absolute Gasteiger partial charge is 0.259 e. The lowest BCUT2D eigenvalue weighted by Gasteiger charge is -2.35. The van der Waals surface area contributed by atoms with E-state index in [1.807, 2.05) is 23.1 Å². The number of amides is 1. The number of carbonyl (C=O) groups is 1. The van der Waals surface area contributed by atoms with Gasteiger partial charge in [0.05, 0.1) is 22.3 Å². The fraction of sp³-hybridized carbons (Fsp3) is 0.240. The van der Waals surface area contributed by atoms with Gasteiger partial charge in [0.1, 0.15) is 5.82 Å². The molecule has 0 aliphatic carbocycles. The first-order valence-corrected chi connectivity index (χ1v) is 10.7. The molecule has 2 aromatic carbocycles. The number of hydrogen-bond donors (Lipinski definition) is 0. The molecule has 0 atom stereocenters. The van der Waals surface area contributed by atoms with Gasteiger partial charge in [-0.3, -0.25) is 9.69 Å². The Balaban J connectivity index is 1.41. The van der Waals surface area contributed by atoms with Crippen LogP contribution in [0.4, 0.5) is 4.39 Å². The van der Waals surface area contributed by atoms with Crippen LogP contribution >= 0.6 is 0 Å². The van der Waals surface area contributed by atoms with E-state index in [0.717, 1.165) is 19.6 Å². The summed E-state index contributed by atoms with van der Waals surface area (Å²) in [5.74, 6) is -0.510. The number of pyridine rings is 1. The van der Waals surface area contributed by atoms with E-state index in [-0.39, 0.29) is 11.6 Å². The van der Waals surface area contributed by atoms with Crippen molar-refractivity contribution < 1.29 is 13.7 Å². The molecule has 1 amide bonds. The summed E-state index contributed by atoms with van der Waals surface area (Å²) in [5.41, 5.74) is 3.23. The van der Waals surface area contributed by atoms with Gasteiger partial charge in [-0.25, -0.2) is 9.37 Å². The fourth-order valence-corrected chi connectivity index (χ4v) is 4.19. The largest absolute Gasteiger partial charge is 0.336 e. The molecule has 7 heteroatoms. The average molecular weight is 430 g/mol. The Morgan fingerprint density at radius 2 is 1.75 bits per heavy atom. The first-order valence-electron chi connectivity index (χ1n) is 10.7. The van der Waals surface area contributed by atoms with Gasteiger partial charge in [-0.15, -0.1) is 0 Å². The van der Waals surface area contributed by atoms with Crippen LogP contribution in [0.15, 0.2) is 65.2 Å². The van der Waals surface area contributed by atoms with Crippen molar-refractivity contribution in [2.24, 2.45) is 0 Å².